The van der Waals surface area contributed by atoms with Crippen LogP contribution in [0.25, 0.3) is 11.1 Å². The highest BCUT2D eigenvalue weighted by Crippen LogP contribution is 2.61. The number of epoxide rings is 2. The van der Waals surface area contributed by atoms with Crippen molar-refractivity contribution in [2.45, 2.75) is 71.4 Å². The summed E-state index contributed by atoms with van der Waals surface area (Å²) in [5.74, 6) is 3.26. The highest BCUT2D eigenvalue weighted by molar-refractivity contribution is 5.88. The summed E-state index contributed by atoms with van der Waals surface area (Å²) in [6.07, 6.45) is 0.206. The van der Waals surface area contributed by atoms with Crippen LogP contribution in [0.3, 0.4) is 0 Å². The van der Waals surface area contributed by atoms with Crippen LogP contribution < -0.4 is 18.9 Å². The second-order valence-electron chi connectivity index (χ2n) is 12.8. The highest BCUT2D eigenvalue weighted by Gasteiger charge is 2.50. The number of ether oxygens (including phenoxy) is 6. The first-order valence-corrected chi connectivity index (χ1v) is 16.1. The predicted molar refractivity (Wildman–Crippen MR) is 175 cm³/mol. The Morgan fingerprint density at radius 3 is 1.38 bits per heavy atom. The Balaban J connectivity index is 1.53. The fourth-order valence-electron chi connectivity index (χ4n) is 6.68. The second-order valence-corrected chi connectivity index (χ2v) is 12.8. The maximum Gasteiger partial charge on any atom is 0.131 e. The van der Waals surface area contributed by atoms with Crippen LogP contribution in [-0.4, -0.2) is 50.8 Å². The lowest BCUT2D eigenvalue weighted by molar-refractivity contribution is 0.227. The molecule has 0 bridgehead atoms. The summed E-state index contributed by atoms with van der Waals surface area (Å²) >= 11 is 0. The van der Waals surface area contributed by atoms with Gasteiger partial charge in [-0.2, -0.15) is 0 Å². The van der Waals surface area contributed by atoms with E-state index in [9.17, 15) is 0 Å². The summed E-state index contributed by atoms with van der Waals surface area (Å²) in [6.45, 7) is 15.0. The molecule has 1 aliphatic carbocycles. The molecular weight excluding hydrogens is 564 g/mol. The minimum atomic E-state index is -0.743. The van der Waals surface area contributed by atoms with Gasteiger partial charge >= 0.3 is 0 Å². The molecule has 0 N–H and O–H groups in total. The van der Waals surface area contributed by atoms with E-state index in [-0.39, 0.29) is 24.4 Å². The molecule has 0 spiro atoms. The largest absolute Gasteiger partial charge is 0.490 e. The Kier molecular flexibility index (Phi) is 7.74. The molecule has 2 saturated heterocycles. The van der Waals surface area contributed by atoms with Crippen LogP contribution in [-0.2, 0) is 14.9 Å². The Hall–Kier alpha value is -4.00. The molecule has 4 aromatic rings. The van der Waals surface area contributed by atoms with Crippen molar-refractivity contribution in [2.75, 3.05) is 26.4 Å². The summed E-state index contributed by atoms with van der Waals surface area (Å²) in [5.41, 5.74) is 8.07. The van der Waals surface area contributed by atoms with Gasteiger partial charge < -0.3 is 28.4 Å². The maximum absolute atomic E-state index is 6.78. The van der Waals surface area contributed by atoms with Gasteiger partial charge in [-0.15, -0.1) is 0 Å². The van der Waals surface area contributed by atoms with Crippen molar-refractivity contribution in [3.63, 3.8) is 0 Å². The van der Waals surface area contributed by atoms with Gasteiger partial charge in [-0.05, 0) is 75.9 Å². The Morgan fingerprint density at radius 1 is 0.600 bits per heavy atom. The van der Waals surface area contributed by atoms with Crippen molar-refractivity contribution in [2.24, 2.45) is 0 Å². The quantitative estimate of drug-likeness (QED) is 0.135. The lowest BCUT2D eigenvalue weighted by atomic mass is 9.66. The molecule has 2 aliphatic heterocycles. The van der Waals surface area contributed by atoms with Crippen molar-refractivity contribution in [1.82, 2.24) is 0 Å². The first-order valence-electron chi connectivity index (χ1n) is 16.1. The van der Waals surface area contributed by atoms with E-state index in [0.717, 1.165) is 58.5 Å². The maximum atomic E-state index is 6.78. The minimum absolute atomic E-state index is 0.0538. The lowest BCUT2D eigenvalue weighted by Gasteiger charge is -2.38. The van der Waals surface area contributed by atoms with E-state index in [1.54, 1.807) is 0 Å². The van der Waals surface area contributed by atoms with Crippen LogP contribution in [0, 0.1) is 13.8 Å². The molecule has 4 aromatic carbocycles. The van der Waals surface area contributed by atoms with E-state index in [1.165, 1.54) is 22.3 Å². The SMILES string of the molecule is Cc1c(OCC2CO2)ccc(C2(c3ccc(OCC4CO4)c(C)c3OC(C)C)c3ccccc3-c3ccccc32)c1OC(C)C. The third-order valence-electron chi connectivity index (χ3n) is 8.83. The van der Waals surface area contributed by atoms with Gasteiger partial charge in [0.15, 0.2) is 0 Å². The van der Waals surface area contributed by atoms with Crippen molar-refractivity contribution < 1.29 is 28.4 Å². The average molecular weight is 607 g/mol. The smallest absolute Gasteiger partial charge is 0.131 e. The summed E-state index contributed by atoms with van der Waals surface area (Å²) in [4.78, 5) is 0. The molecular formula is C39H42O6. The summed E-state index contributed by atoms with van der Waals surface area (Å²) in [6, 6.07) is 26.0. The van der Waals surface area contributed by atoms with E-state index >= 15 is 0 Å². The molecule has 0 amide bonds. The van der Waals surface area contributed by atoms with Crippen molar-refractivity contribution in [3.05, 3.63) is 106 Å². The molecule has 2 fully saturated rings. The first-order chi connectivity index (χ1) is 21.8. The van der Waals surface area contributed by atoms with Gasteiger partial charge in [0, 0.05) is 22.3 Å². The number of hydrogen-bond acceptors (Lipinski definition) is 6. The zero-order valence-corrected chi connectivity index (χ0v) is 27.0. The van der Waals surface area contributed by atoms with Gasteiger partial charge in [0.25, 0.3) is 0 Å². The first kappa shape index (κ1) is 29.7. The molecule has 0 aromatic heterocycles. The number of hydrogen-bond donors (Lipinski definition) is 0. The number of rotatable bonds is 12. The molecule has 6 nitrogen and oxygen atoms in total. The summed E-state index contributed by atoms with van der Waals surface area (Å²) in [5, 5.41) is 0. The number of benzene rings is 4. The third kappa shape index (κ3) is 5.34. The van der Waals surface area contributed by atoms with E-state index in [2.05, 4.69) is 114 Å². The van der Waals surface area contributed by atoms with Gasteiger partial charge in [-0.1, -0.05) is 60.7 Å². The molecule has 7 rings (SSSR count). The lowest BCUT2D eigenvalue weighted by Crippen LogP contribution is -2.31. The van der Waals surface area contributed by atoms with Crippen LogP contribution in [0.15, 0.2) is 72.8 Å². The molecule has 2 heterocycles. The molecule has 234 valence electrons. The van der Waals surface area contributed by atoms with Crippen molar-refractivity contribution >= 4 is 0 Å². The van der Waals surface area contributed by atoms with Gasteiger partial charge in [0.05, 0.1) is 30.8 Å². The predicted octanol–water partition coefficient (Wildman–Crippen LogP) is 7.80. The Morgan fingerprint density at radius 2 is 1.00 bits per heavy atom. The Bertz CT molecular complexity index is 1590. The standard InChI is InChI=1S/C39H42O6/c1-23(2)44-37-25(5)35(42-21-27-19-40-27)17-15-33(37)39(31-13-9-7-11-29(31)30-12-8-10-14-32(30)39)34-16-18-36(43-22-28-20-41-28)26(6)38(34)45-24(3)4/h7-18,23-24,27-28H,19-22H2,1-6H3. The highest BCUT2D eigenvalue weighted by atomic mass is 16.6. The molecule has 2 atom stereocenters. The normalized spacial score (nSPS) is 18.8. The van der Waals surface area contributed by atoms with Crippen LogP contribution in [0.1, 0.15) is 61.1 Å². The fraction of sp³-hybridized carbons (Fsp3) is 0.385. The minimum Gasteiger partial charge on any atom is -0.490 e. The monoisotopic (exact) mass is 606 g/mol. The third-order valence-corrected chi connectivity index (χ3v) is 8.83. The molecule has 3 aliphatic rings. The van der Waals surface area contributed by atoms with Crippen LogP contribution in [0.5, 0.6) is 23.0 Å². The topological polar surface area (TPSA) is 62.0 Å². The van der Waals surface area contributed by atoms with Gasteiger partial charge in [-0.25, -0.2) is 0 Å². The van der Waals surface area contributed by atoms with E-state index in [4.69, 9.17) is 28.4 Å². The summed E-state index contributed by atoms with van der Waals surface area (Å²) in [7, 11) is 0. The van der Waals surface area contributed by atoms with Gasteiger partial charge in [-0.3, -0.25) is 0 Å². The second kappa shape index (κ2) is 11.7. The zero-order chi connectivity index (χ0) is 31.3. The molecule has 0 saturated carbocycles. The number of fused-ring (bicyclic) bond motifs is 3. The van der Waals surface area contributed by atoms with Crippen molar-refractivity contribution in [1.29, 1.82) is 0 Å². The average Bonchev–Trinajstić information content (AvgIpc) is 3.96. The molecule has 45 heavy (non-hydrogen) atoms. The van der Waals surface area contributed by atoms with E-state index < -0.39 is 5.41 Å². The molecule has 6 heteroatoms. The van der Waals surface area contributed by atoms with Gasteiger partial charge in [0.1, 0.15) is 48.4 Å². The van der Waals surface area contributed by atoms with Crippen LogP contribution >= 0.6 is 0 Å². The Labute approximate surface area is 266 Å². The molecule has 0 radical (unpaired) electrons. The fourth-order valence-corrected chi connectivity index (χ4v) is 6.68. The van der Waals surface area contributed by atoms with Gasteiger partial charge in [0.2, 0.25) is 0 Å². The summed E-state index contributed by atoms with van der Waals surface area (Å²) < 4.78 is 37.0. The van der Waals surface area contributed by atoms with Crippen LogP contribution in [0.4, 0.5) is 0 Å². The van der Waals surface area contributed by atoms with E-state index in [0.29, 0.717) is 13.2 Å². The van der Waals surface area contributed by atoms with E-state index in [1.807, 2.05) is 0 Å². The zero-order valence-electron chi connectivity index (χ0n) is 27.0. The van der Waals surface area contributed by atoms with Crippen LogP contribution in [0.2, 0.25) is 0 Å². The molecule has 2 unspecified atom stereocenters. The van der Waals surface area contributed by atoms with Crippen molar-refractivity contribution in [3.8, 4) is 34.1 Å².